The van der Waals surface area contributed by atoms with E-state index in [4.69, 9.17) is 4.74 Å². The fourth-order valence-electron chi connectivity index (χ4n) is 2.92. The van der Waals surface area contributed by atoms with Crippen molar-refractivity contribution in [2.45, 2.75) is 26.3 Å². The molecule has 0 aliphatic carbocycles. The number of ether oxygens (including phenoxy) is 1. The number of nitrogens with one attached hydrogen (secondary N) is 3. The molecule has 152 valence electrons. The quantitative estimate of drug-likeness (QED) is 0.407. The van der Waals surface area contributed by atoms with E-state index < -0.39 is 12.1 Å². The topological polar surface area (TPSA) is 83.2 Å². The number of aromatic amines is 1. The van der Waals surface area contributed by atoms with Crippen LogP contribution in [0.4, 0.5) is 10.5 Å². The molecular formula is C22H24IN3O3. The number of amides is 2. The van der Waals surface area contributed by atoms with Crippen LogP contribution in [-0.2, 0) is 16.0 Å². The Hall–Kier alpha value is -2.55. The van der Waals surface area contributed by atoms with Gasteiger partial charge in [-0.3, -0.25) is 4.79 Å². The lowest BCUT2D eigenvalue weighted by molar-refractivity contribution is -0.118. The molecule has 0 saturated carbocycles. The Morgan fingerprint density at radius 3 is 2.55 bits per heavy atom. The van der Waals surface area contributed by atoms with Gasteiger partial charge in [-0.1, -0.05) is 32.0 Å². The number of hydrogen-bond acceptors (Lipinski definition) is 3. The average molecular weight is 505 g/mol. The van der Waals surface area contributed by atoms with E-state index in [9.17, 15) is 9.59 Å². The second-order valence-corrected chi connectivity index (χ2v) is 8.49. The van der Waals surface area contributed by atoms with E-state index in [0.29, 0.717) is 18.7 Å². The van der Waals surface area contributed by atoms with Crippen molar-refractivity contribution in [3.05, 3.63) is 63.9 Å². The number of H-pyrrole nitrogens is 1. The van der Waals surface area contributed by atoms with E-state index in [1.54, 1.807) is 0 Å². The minimum Gasteiger partial charge on any atom is -0.449 e. The van der Waals surface area contributed by atoms with Gasteiger partial charge in [-0.2, -0.15) is 0 Å². The molecule has 1 heterocycles. The molecule has 0 aliphatic heterocycles. The van der Waals surface area contributed by atoms with E-state index in [-0.39, 0.29) is 11.8 Å². The second-order valence-electron chi connectivity index (χ2n) is 7.25. The maximum atomic E-state index is 12.9. The predicted molar refractivity (Wildman–Crippen MR) is 123 cm³/mol. The molecule has 0 aliphatic rings. The summed E-state index contributed by atoms with van der Waals surface area (Å²) in [6.45, 7) is 4.21. The average Bonchev–Trinajstić information content (AvgIpc) is 3.10. The van der Waals surface area contributed by atoms with Crippen molar-refractivity contribution in [1.82, 2.24) is 10.3 Å². The summed E-state index contributed by atoms with van der Waals surface area (Å²) in [5, 5.41) is 6.62. The highest BCUT2D eigenvalue weighted by Crippen LogP contribution is 2.20. The maximum Gasteiger partial charge on any atom is 0.407 e. The number of carbonyl (C=O) groups is 2. The van der Waals surface area contributed by atoms with E-state index in [1.165, 1.54) is 0 Å². The molecule has 0 saturated heterocycles. The van der Waals surface area contributed by atoms with Crippen LogP contribution in [0.1, 0.15) is 19.4 Å². The van der Waals surface area contributed by atoms with Gasteiger partial charge in [0.25, 0.3) is 0 Å². The van der Waals surface area contributed by atoms with Gasteiger partial charge in [0.1, 0.15) is 6.04 Å². The Bertz CT molecular complexity index is 982. The first kappa shape index (κ1) is 21.2. The van der Waals surface area contributed by atoms with Crippen LogP contribution in [0.3, 0.4) is 0 Å². The zero-order valence-electron chi connectivity index (χ0n) is 16.4. The Morgan fingerprint density at radius 2 is 1.83 bits per heavy atom. The summed E-state index contributed by atoms with van der Waals surface area (Å²) in [6, 6.07) is 14.6. The predicted octanol–water partition coefficient (Wildman–Crippen LogP) is 4.70. The summed E-state index contributed by atoms with van der Waals surface area (Å²) < 4.78 is 6.29. The Kier molecular flexibility index (Phi) is 7.13. The Morgan fingerprint density at radius 1 is 1.10 bits per heavy atom. The van der Waals surface area contributed by atoms with Crippen molar-refractivity contribution in [3.8, 4) is 0 Å². The molecule has 0 spiro atoms. The molecule has 3 N–H and O–H groups in total. The SMILES string of the molecule is CC(C)COC(=O)NC(Cc1c[nH]c2ccccc12)C(=O)Nc1ccc(I)cc1. The third-order valence-electron chi connectivity index (χ3n) is 4.37. The highest BCUT2D eigenvalue weighted by atomic mass is 127. The highest BCUT2D eigenvalue weighted by molar-refractivity contribution is 14.1. The van der Waals surface area contributed by atoms with Crippen LogP contribution in [-0.4, -0.2) is 29.6 Å². The summed E-state index contributed by atoms with van der Waals surface area (Å²) in [5.41, 5.74) is 2.62. The van der Waals surface area contributed by atoms with Gasteiger partial charge >= 0.3 is 6.09 Å². The number of carbonyl (C=O) groups excluding carboxylic acids is 2. The zero-order chi connectivity index (χ0) is 20.8. The van der Waals surface area contributed by atoms with Gasteiger partial charge in [0.2, 0.25) is 5.91 Å². The second kappa shape index (κ2) is 9.78. The summed E-state index contributed by atoms with van der Waals surface area (Å²) in [5.74, 6) is -0.0774. The normalized spacial score (nSPS) is 12.0. The van der Waals surface area contributed by atoms with Crippen molar-refractivity contribution < 1.29 is 14.3 Å². The molecule has 3 aromatic rings. The molecule has 29 heavy (non-hydrogen) atoms. The summed E-state index contributed by atoms with van der Waals surface area (Å²) >= 11 is 2.21. The number of benzene rings is 2. The number of halogens is 1. The first-order chi connectivity index (χ1) is 13.9. The molecule has 3 rings (SSSR count). The Labute approximate surface area is 183 Å². The third-order valence-corrected chi connectivity index (χ3v) is 5.09. The molecule has 0 bridgehead atoms. The number of hydrogen-bond donors (Lipinski definition) is 3. The Balaban J connectivity index is 1.77. The van der Waals surface area contributed by atoms with E-state index >= 15 is 0 Å². The van der Waals surface area contributed by atoms with Crippen molar-refractivity contribution >= 4 is 51.2 Å². The molecular weight excluding hydrogens is 481 g/mol. The van der Waals surface area contributed by atoms with Crippen molar-refractivity contribution in [2.75, 3.05) is 11.9 Å². The van der Waals surface area contributed by atoms with Gasteiger partial charge < -0.3 is 20.4 Å². The maximum absolute atomic E-state index is 12.9. The largest absolute Gasteiger partial charge is 0.449 e. The van der Waals surface area contributed by atoms with Crippen molar-refractivity contribution in [3.63, 3.8) is 0 Å². The summed E-state index contributed by atoms with van der Waals surface area (Å²) in [6.07, 6.45) is 1.62. The number of aromatic nitrogens is 1. The lowest BCUT2D eigenvalue weighted by Crippen LogP contribution is -2.45. The molecule has 1 atom stereocenters. The molecule has 2 amide bonds. The van der Waals surface area contributed by atoms with Crippen LogP contribution in [0.2, 0.25) is 0 Å². The van der Waals surface area contributed by atoms with Gasteiger partial charge in [-0.15, -0.1) is 0 Å². The number of para-hydroxylation sites is 1. The molecule has 2 aromatic carbocycles. The number of fused-ring (bicyclic) bond motifs is 1. The summed E-state index contributed by atoms with van der Waals surface area (Å²) in [4.78, 5) is 28.4. The number of anilines is 1. The number of rotatable bonds is 7. The van der Waals surface area contributed by atoms with Crippen LogP contribution < -0.4 is 10.6 Å². The smallest absolute Gasteiger partial charge is 0.407 e. The fraction of sp³-hybridized carbons (Fsp3) is 0.273. The van der Waals surface area contributed by atoms with Gasteiger partial charge in [0, 0.05) is 32.8 Å². The molecule has 0 radical (unpaired) electrons. The lowest BCUT2D eigenvalue weighted by Gasteiger charge is -2.19. The minimum absolute atomic E-state index is 0.216. The van der Waals surface area contributed by atoms with Gasteiger partial charge in [-0.25, -0.2) is 4.79 Å². The van der Waals surface area contributed by atoms with Crippen LogP contribution >= 0.6 is 22.6 Å². The highest BCUT2D eigenvalue weighted by Gasteiger charge is 2.23. The number of alkyl carbamates (subject to hydrolysis) is 1. The zero-order valence-corrected chi connectivity index (χ0v) is 18.5. The lowest BCUT2D eigenvalue weighted by atomic mass is 10.0. The van der Waals surface area contributed by atoms with Crippen molar-refractivity contribution in [1.29, 1.82) is 0 Å². The van der Waals surface area contributed by atoms with Gasteiger partial charge in [0.15, 0.2) is 0 Å². The van der Waals surface area contributed by atoms with Crippen LogP contribution in [0.25, 0.3) is 10.9 Å². The third kappa shape index (κ3) is 5.96. The molecule has 1 unspecified atom stereocenters. The van der Waals surface area contributed by atoms with Gasteiger partial charge in [-0.05, 0) is 64.4 Å². The molecule has 7 heteroatoms. The van der Waals surface area contributed by atoms with E-state index in [1.807, 2.05) is 68.6 Å². The van der Waals surface area contributed by atoms with Crippen LogP contribution in [0.5, 0.6) is 0 Å². The van der Waals surface area contributed by atoms with Gasteiger partial charge in [0.05, 0.1) is 6.61 Å². The standard InChI is InChI=1S/C22H24IN3O3/c1-14(2)13-29-22(28)26-20(21(27)25-17-9-7-16(23)8-10-17)11-15-12-24-19-6-4-3-5-18(15)19/h3-10,12,14,20,24H,11,13H2,1-2H3,(H,25,27)(H,26,28). The van der Waals surface area contributed by atoms with E-state index in [0.717, 1.165) is 20.0 Å². The van der Waals surface area contributed by atoms with Crippen LogP contribution in [0, 0.1) is 9.49 Å². The first-order valence-electron chi connectivity index (χ1n) is 9.47. The monoisotopic (exact) mass is 505 g/mol. The minimum atomic E-state index is -0.770. The molecule has 0 fully saturated rings. The van der Waals surface area contributed by atoms with Crippen molar-refractivity contribution in [2.24, 2.45) is 5.92 Å². The van der Waals surface area contributed by atoms with E-state index in [2.05, 4.69) is 38.2 Å². The van der Waals surface area contributed by atoms with Crippen LogP contribution in [0.15, 0.2) is 54.7 Å². The fourth-order valence-corrected chi connectivity index (χ4v) is 3.28. The first-order valence-corrected chi connectivity index (χ1v) is 10.5. The summed E-state index contributed by atoms with van der Waals surface area (Å²) in [7, 11) is 0. The molecule has 1 aromatic heterocycles. The molecule has 6 nitrogen and oxygen atoms in total.